The van der Waals surface area contributed by atoms with Crippen LogP contribution in [0.2, 0.25) is 0 Å². The third kappa shape index (κ3) is 2.65. The minimum absolute atomic E-state index is 0.0127. The molecule has 0 aliphatic carbocycles. The molecule has 0 amide bonds. The molecule has 2 heterocycles. The number of nitrogens with zero attached hydrogens (tertiary/aromatic N) is 1. The molecule has 0 aliphatic rings. The summed E-state index contributed by atoms with van der Waals surface area (Å²) in [6, 6.07) is 8.14. The van der Waals surface area contributed by atoms with Crippen LogP contribution in [0.15, 0.2) is 40.4 Å². The standard InChI is InChI=1S/C12H11BrClNS/c1-8(9-4-6-15-7-5-9)12(14)10-2-3-11(13)16-10/h2-8,12H,1H3. The Morgan fingerprint density at radius 3 is 2.50 bits per heavy atom. The van der Waals surface area contributed by atoms with E-state index in [-0.39, 0.29) is 11.3 Å². The van der Waals surface area contributed by atoms with Gasteiger partial charge in [-0.25, -0.2) is 0 Å². The lowest BCUT2D eigenvalue weighted by molar-refractivity contribution is 0.740. The predicted molar refractivity (Wildman–Crippen MR) is 73.3 cm³/mol. The minimum atomic E-state index is 0.0127. The second-order valence-electron chi connectivity index (χ2n) is 3.61. The van der Waals surface area contributed by atoms with Gasteiger partial charge in [0.25, 0.3) is 0 Å². The van der Waals surface area contributed by atoms with Crippen LogP contribution in [0, 0.1) is 0 Å². The van der Waals surface area contributed by atoms with E-state index in [0.29, 0.717) is 0 Å². The van der Waals surface area contributed by atoms with Crippen LogP contribution in [0.4, 0.5) is 0 Å². The van der Waals surface area contributed by atoms with Gasteiger partial charge in [-0.3, -0.25) is 4.98 Å². The predicted octanol–water partition coefficient (Wildman–Crippen LogP) is 4.99. The molecule has 0 N–H and O–H groups in total. The maximum Gasteiger partial charge on any atom is 0.0744 e. The summed E-state index contributed by atoms with van der Waals surface area (Å²) in [5.41, 5.74) is 1.22. The van der Waals surface area contributed by atoms with Crippen LogP contribution in [0.25, 0.3) is 0 Å². The SMILES string of the molecule is CC(c1ccncc1)C(Cl)c1ccc(Br)s1. The summed E-state index contributed by atoms with van der Waals surface area (Å²) >= 11 is 11.6. The van der Waals surface area contributed by atoms with Gasteiger partial charge in [0.2, 0.25) is 0 Å². The topological polar surface area (TPSA) is 12.9 Å². The van der Waals surface area contributed by atoms with Gasteiger partial charge in [0, 0.05) is 23.2 Å². The van der Waals surface area contributed by atoms with Crippen LogP contribution >= 0.6 is 38.9 Å². The smallest absolute Gasteiger partial charge is 0.0744 e. The van der Waals surface area contributed by atoms with E-state index in [9.17, 15) is 0 Å². The Hall–Kier alpha value is -0.380. The van der Waals surface area contributed by atoms with Crippen molar-refractivity contribution in [3.63, 3.8) is 0 Å². The molecule has 2 atom stereocenters. The third-order valence-electron chi connectivity index (χ3n) is 2.54. The average Bonchev–Trinajstić information content (AvgIpc) is 2.75. The molecule has 0 fully saturated rings. The maximum absolute atomic E-state index is 6.47. The number of halogens is 2. The van der Waals surface area contributed by atoms with Crippen molar-refractivity contribution in [2.45, 2.75) is 18.2 Å². The van der Waals surface area contributed by atoms with Gasteiger partial charge in [0.1, 0.15) is 0 Å². The van der Waals surface area contributed by atoms with E-state index in [4.69, 9.17) is 11.6 Å². The Kier molecular flexibility index (Phi) is 4.00. The number of thiophene rings is 1. The van der Waals surface area contributed by atoms with Crippen LogP contribution in [0.3, 0.4) is 0 Å². The number of hydrogen-bond donors (Lipinski definition) is 0. The summed E-state index contributed by atoms with van der Waals surface area (Å²) in [6.45, 7) is 2.14. The highest BCUT2D eigenvalue weighted by atomic mass is 79.9. The van der Waals surface area contributed by atoms with E-state index < -0.39 is 0 Å². The third-order valence-corrected chi connectivity index (χ3v) is 4.99. The molecular weight excluding hydrogens is 306 g/mol. The molecule has 0 aromatic carbocycles. The number of hydrogen-bond acceptors (Lipinski definition) is 2. The molecule has 0 spiro atoms. The van der Waals surface area contributed by atoms with Crippen LogP contribution in [-0.4, -0.2) is 4.98 Å². The molecule has 0 aliphatic heterocycles. The van der Waals surface area contributed by atoms with E-state index in [1.807, 2.05) is 18.2 Å². The normalized spacial score (nSPS) is 14.7. The highest BCUT2D eigenvalue weighted by Crippen LogP contribution is 2.40. The van der Waals surface area contributed by atoms with Crippen molar-refractivity contribution in [3.05, 3.63) is 50.9 Å². The number of pyridine rings is 1. The Morgan fingerprint density at radius 2 is 1.94 bits per heavy atom. The van der Waals surface area contributed by atoms with Crippen molar-refractivity contribution in [1.29, 1.82) is 0 Å². The molecule has 0 saturated carbocycles. The fraction of sp³-hybridized carbons (Fsp3) is 0.250. The van der Waals surface area contributed by atoms with Crippen LogP contribution in [-0.2, 0) is 0 Å². The zero-order chi connectivity index (χ0) is 11.5. The fourth-order valence-electron chi connectivity index (χ4n) is 1.56. The number of rotatable bonds is 3. The lowest BCUT2D eigenvalue weighted by Gasteiger charge is -2.16. The molecule has 16 heavy (non-hydrogen) atoms. The van der Waals surface area contributed by atoms with Crippen molar-refractivity contribution in [2.75, 3.05) is 0 Å². The molecular formula is C12H11BrClNS. The average molecular weight is 317 g/mol. The first-order valence-corrected chi connectivity index (χ1v) is 7.02. The van der Waals surface area contributed by atoms with E-state index in [1.54, 1.807) is 23.7 Å². The van der Waals surface area contributed by atoms with E-state index >= 15 is 0 Å². The molecule has 0 radical (unpaired) electrons. The lowest BCUT2D eigenvalue weighted by Crippen LogP contribution is -2.00. The molecule has 2 unspecified atom stereocenters. The monoisotopic (exact) mass is 315 g/mol. The first kappa shape index (κ1) is 12.1. The first-order valence-electron chi connectivity index (χ1n) is 4.97. The van der Waals surface area contributed by atoms with E-state index in [0.717, 1.165) is 3.79 Å². The van der Waals surface area contributed by atoms with Crippen molar-refractivity contribution < 1.29 is 0 Å². The Bertz CT molecular complexity index is 457. The number of aromatic nitrogens is 1. The van der Waals surface area contributed by atoms with Gasteiger partial charge in [-0.1, -0.05) is 6.92 Å². The highest BCUT2D eigenvalue weighted by Gasteiger charge is 2.19. The molecule has 2 aromatic rings. The fourth-order valence-corrected chi connectivity index (χ4v) is 3.42. The summed E-state index contributed by atoms with van der Waals surface area (Å²) in [5.74, 6) is 0.287. The largest absolute Gasteiger partial charge is 0.265 e. The van der Waals surface area contributed by atoms with Gasteiger partial charge in [0.15, 0.2) is 0 Å². The maximum atomic E-state index is 6.47. The highest BCUT2D eigenvalue weighted by molar-refractivity contribution is 9.11. The molecule has 0 saturated heterocycles. The summed E-state index contributed by atoms with van der Waals surface area (Å²) < 4.78 is 1.12. The number of alkyl halides is 1. The Balaban J connectivity index is 2.19. The molecule has 2 aromatic heterocycles. The van der Waals surface area contributed by atoms with Gasteiger partial charge in [0.05, 0.1) is 9.16 Å². The van der Waals surface area contributed by atoms with Crippen LogP contribution in [0.5, 0.6) is 0 Å². The summed E-state index contributed by atoms with van der Waals surface area (Å²) in [6.07, 6.45) is 3.61. The second kappa shape index (κ2) is 5.30. The minimum Gasteiger partial charge on any atom is -0.265 e. The zero-order valence-electron chi connectivity index (χ0n) is 8.73. The Morgan fingerprint density at radius 1 is 1.25 bits per heavy atom. The van der Waals surface area contributed by atoms with E-state index in [1.165, 1.54) is 10.4 Å². The molecule has 2 rings (SSSR count). The molecule has 0 bridgehead atoms. The second-order valence-corrected chi connectivity index (χ2v) is 6.58. The van der Waals surface area contributed by atoms with Gasteiger partial charge < -0.3 is 0 Å². The van der Waals surface area contributed by atoms with Crippen molar-refractivity contribution in [2.24, 2.45) is 0 Å². The van der Waals surface area contributed by atoms with Crippen molar-refractivity contribution in [3.8, 4) is 0 Å². The summed E-state index contributed by atoms with van der Waals surface area (Å²) in [4.78, 5) is 5.21. The van der Waals surface area contributed by atoms with Gasteiger partial charge in [-0.05, 0) is 45.8 Å². The van der Waals surface area contributed by atoms with Gasteiger partial charge >= 0.3 is 0 Å². The van der Waals surface area contributed by atoms with Crippen molar-refractivity contribution in [1.82, 2.24) is 4.98 Å². The van der Waals surface area contributed by atoms with Gasteiger partial charge in [-0.2, -0.15) is 0 Å². The molecule has 1 nitrogen and oxygen atoms in total. The van der Waals surface area contributed by atoms with Crippen LogP contribution < -0.4 is 0 Å². The summed E-state index contributed by atoms with van der Waals surface area (Å²) in [7, 11) is 0. The van der Waals surface area contributed by atoms with Crippen molar-refractivity contribution >= 4 is 38.9 Å². The lowest BCUT2D eigenvalue weighted by atomic mass is 9.98. The quantitative estimate of drug-likeness (QED) is 0.727. The molecule has 4 heteroatoms. The Labute approximate surface area is 113 Å². The van der Waals surface area contributed by atoms with Crippen LogP contribution in [0.1, 0.15) is 28.7 Å². The van der Waals surface area contributed by atoms with E-state index in [2.05, 4.69) is 33.9 Å². The van der Waals surface area contributed by atoms with Gasteiger partial charge in [-0.15, -0.1) is 22.9 Å². The zero-order valence-corrected chi connectivity index (χ0v) is 11.9. The molecule has 84 valence electrons. The first-order chi connectivity index (χ1) is 7.68. The summed E-state index contributed by atoms with van der Waals surface area (Å²) in [5, 5.41) is 0.0127.